The van der Waals surface area contributed by atoms with E-state index < -0.39 is 15.9 Å². The van der Waals surface area contributed by atoms with Crippen molar-refractivity contribution in [2.24, 2.45) is 0 Å². The lowest BCUT2D eigenvalue weighted by atomic mass is 10.2. The molecule has 4 rings (SSSR count). The molecule has 1 aliphatic heterocycles. The van der Waals surface area contributed by atoms with Gasteiger partial charge in [0.2, 0.25) is 21.8 Å². The minimum atomic E-state index is -3.74. The number of carbonyl (C=O) groups is 1. The molecule has 33 heavy (non-hydrogen) atoms. The molecule has 0 spiro atoms. The summed E-state index contributed by atoms with van der Waals surface area (Å²) >= 11 is 0. The van der Waals surface area contributed by atoms with Crippen LogP contribution in [-0.4, -0.2) is 58.5 Å². The number of anilines is 1. The zero-order chi connectivity index (χ0) is 23.3. The average molecular weight is 471 g/mol. The van der Waals surface area contributed by atoms with Crippen LogP contribution in [0, 0.1) is 0 Å². The lowest BCUT2D eigenvalue weighted by Crippen LogP contribution is -2.35. The molecule has 0 saturated carbocycles. The summed E-state index contributed by atoms with van der Waals surface area (Å²) in [5.41, 5.74) is 1.14. The standard InChI is InChI=1S/C22H26N6O4S/c1-2-32-19-12-11-18(15-20(19)33(30,31)27-13-7-4-8-14-27)23-21(29)16-28-25-22(24-26-28)17-9-5-3-6-10-17/h3,5-6,9-12,15H,2,4,7-8,13-14,16H2,1H3,(H,23,29). The van der Waals surface area contributed by atoms with Gasteiger partial charge in [-0.15, -0.1) is 10.2 Å². The van der Waals surface area contributed by atoms with Gasteiger partial charge in [0.1, 0.15) is 17.2 Å². The van der Waals surface area contributed by atoms with Crippen LogP contribution in [0.1, 0.15) is 26.2 Å². The number of nitrogens with zero attached hydrogens (tertiary/aromatic N) is 5. The fourth-order valence-electron chi connectivity index (χ4n) is 3.65. The first-order valence-corrected chi connectivity index (χ1v) is 12.3. The third-order valence-corrected chi connectivity index (χ3v) is 7.15. The Morgan fingerprint density at radius 3 is 2.58 bits per heavy atom. The first-order valence-electron chi connectivity index (χ1n) is 10.9. The van der Waals surface area contributed by atoms with E-state index in [-0.39, 0.29) is 17.2 Å². The second kappa shape index (κ2) is 10.1. The van der Waals surface area contributed by atoms with Gasteiger partial charge >= 0.3 is 0 Å². The van der Waals surface area contributed by atoms with Gasteiger partial charge < -0.3 is 10.1 Å². The van der Waals surface area contributed by atoms with Crippen LogP contribution >= 0.6 is 0 Å². The SMILES string of the molecule is CCOc1ccc(NC(=O)Cn2nnc(-c3ccccc3)n2)cc1S(=O)(=O)N1CCCCC1. The Morgan fingerprint density at radius 1 is 1.09 bits per heavy atom. The molecule has 11 heteroatoms. The normalized spacial score (nSPS) is 14.7. The van der Waals surface area contributed by atoms with Crippen molar-refractivity contribution in [2.45, 2.75) is 37.6 Å². The van der Waals surface area contributed by atoms with Gasteiger partial charge in [-0.25, -0.2) is 8.42 Å². The highest BCUT2D eigenvalue weighted by molar-refractivity contribution is 7.89. The molecule has 2 heterocycles. The van der Waals surface area contributed by atoms with Crippen LogP contribution in [0.5, 0.6) is 5.75 Å². The highest BCUT2D eigenvalue weighted by atomic mass is 32.2. The Morgan fingerprint density at radius 2 is 1.85 bits per heavy atom. The first kappa shape index (κ1) is 22.9. The molecular weight excluding hydrogens is 444 g/mol. The van der Waals surface area contributed by atoms with Gasteiger partial charge in [-0.1, -0.05) is 36.8 Å². The summed E-state index contributed by atoms with van der Waals surface area (Å²) in [6.45, 7) is 2.91. The third-order valence-electron chi connectivity index (χ3n) is 5.23. The van der Waals surface area contributed by atoms with Gasteiger partial charge in [-0.2, -0.15) is 9.10 Å². The van der Waals surface area contributed by atoms with Crippen LogP contribution in [0.4, 0.5) is 5.69 Å². The van der Waals surface area contributed by atoms with E-state index in [9.17, 15) is 13.2 Å². The molecule has 2 aromatic carbocycles. The number of hydrogen-bond donors (Lipinski definition) is 1. The number of rotatable bonds is 8. The van der Waals surface area contributed by atoms with E-state index in [1.165, 1.54) is 15.2 Å². The number of aromatic nitrogens is 4. The van der Waals surface area contributed by atoms with Crippen LogP contribution in [0.2, 0.25) is 0 Å². The minimum Gasteiger partial charge on any atom is -0.492 e. The Balaban J connectivity index is 1.50. The molecule has 0 aliphatic carbocycles. The third kappa shape index (κ3) is 5.37. The molecule has 0 unspecified atom stereocenters. The molecule has 0 radical (unpaired) electrons. The summed E-state index contributed by atoms with van der Waals surface area (Å²) in [5.74, 6) is 0.281. The molecule has 1 N–H and O–H groups in total. The van der Waals surface area contributed by atoms with Crippen molar-refractivity contribution < 1.29 is 17.9 Å². The van der Waals surface area contributed by atoms with Crippen molar-refractivity contribution in [1.82, 2.24) is 24.5 Å². The molecule has 1 aliphatic rings. The van der Waals surface area contributed by atoms with E-state index >= 15 is 0 Å². The summed E-state index contributed by atoms with van der Waals surface area (Å²) in [4.78, 5) is 13.8. The largest absolute Gasteiger partial charge is 0.492 e. The summed E-state index contributed by atoms with van der Waals surface area (Å²) in [5, 5.41) is 14.8. The molecule has 3 aromatic rings. The Labute approximate surface area is 192 Å². The zero-order valence-corrected chi connectivity index (χ0v) is 19.2. The highest BCUT2D eigenvalue weighted by Crippen LogP contribution is 2.31. The second-order valence-corrected chi connectivity index (χ2v) is 9.52. The molecule has 10 nitrogen and oxygen atoms in total. The number of ether oxygens (including phenoxy) is 1. The van der Waals surface area contributed by atoms with E-state index in [1.54, 1.807) is 19.1 Å². The highest BCUT2D eigenvalue weighted by Gasteiger charge is 2.29. The number of benzene rings is 2. The number of hydrogen-bond acceptors (Lipinski definition) is 7. The van der Waals surface area contributed by atoms with Crippen LogP contribution in [0.3, 0.4) is 0 Å². The van der Waals surface area contributed by atoms with Crippen molar-refractivity contribution in [2.75, 3.05) is 25.0 Å². The quantitative estimate of drug-likeness (QED) is 0.537. The number of piperidine rings is 1. The van der Waals surface area contributed by atoms with Gasteiger partial charge in [0.15, 0.2) is 0 Å². The summed E-state index contributed by atoms with van der Waals surface area (Å²) < 4.78 is 33.5. The number of sulfonamides is 1. The average Bonchev–Trinajstić information content (AvgIpc) is 3.29. The van der Waals surface area contributed by atoms with Gasteiger partial charge in [-0.3, -0.25) is 4.79 Å². The van der Waals surface area contributed by atoms with Gasteiger partial charge in [0.05, 0.1) is 6.61 Å². The Hall–Kier alpha value is -3.31. The molecule has 1 fully saturated rings. The lowest BCUT2D eigenvalue weighted by molar-refractivity contribution is -0.117. The first-order chi connectivity index (χ1) is 16.0. The van der Waals surface area contributed by atoms with E-state index in [0.29, 0.717) is 31.2 Å². The fourth-order valence-corrected chi connectivity index (χ4v) is 5.32. The molecular formula is C22H26N6O4S. The van der Waals surface area contributed by atoms with Crippen LogP contribution in [0.15, 0.2) is 53.4 Å². The van der Waals surface area contributed by atoms with Crippen molar-refractivity contribution >= 4 is 21.6 Å². The van der Waals surface area contributed by atoms with E-state index in [0.717, 1.165) is 24.8 Å². The molecule has 0 atom stereocenters. The monoisotopic (exact) mass is 470 g/mol. The van der Waals surface area contributed by atoms with E-state index in [2.05, 4.69) is 20.7 Å². The second-order valence-electron chi connectivity index (χ2n) is 7.62. The van der Waals surface area contributed by atoms with Crippen molar-refractivity contribution in [1.29, 1.82) is 0 Å². The molecule has 1 aromatic heterocycles. The smallest absolute Gasteiger partial charge is 0.248 e. The molecule has 0 bridgehead atoms. The molecule has 1 saturated heterocycles. The Kier molecular flexibility index (Phi) is 6.99. The summed E-state index contributed by atoms with van der Waals surface area (Å²) in [6, 6.07) is 13.9. The van der Waals surface area contributed by atoms with Crippen molar-refractivity contribution in [3.8, 4) is 17.1 Å². The van der Waals surface area contributed by atoms with Gasteiger partial charge in [-0.05, 0) is 43.2 Å². The van der Waals surface area contributed by atoms with E-state index in [1.807, 2.05) is 30.3 Å². The predicted molar refractivity (Wildman–Crippen MR) is 122 cm³/mol. The maximum atomic E-state index is 13.3. The van der Waals surface area contributed by atoms with Crippen LogP contribution in [0.25, 0.3) is 11.4 Å². The van der Waals surface area contributed by atoms with Crippen molar-refractivity contribution in [3.63, 3.8) is 0 Å². The van der Waals surface area contributed by atoms with Crippen LogP contribution in [-0.2, 0) is 21.4 Å². The number of amides is 1. The number of tetrazole rings is 1. The number of carbonyl (C=O) groups excluding carboxylic acids is 1. The molecule has 1 amide bonds. The summed E-state index contributed by atoms with van der Waals surface area (Å²) in [6.07, 6.45) is 2.67. The Bertz CT molecular complexity index is 1210. The maximum Gasteiger partial charge on any atom is 0.248 e. The van der Waals surface area contributed by atoms with Gasteiger partial charge in [0.25, 0.3) is 0 Å². The maximum absolute atomic E-state index is 13.3. The molecule has 174 valence electrons. The zero-order valence-electron chi connectivity index (χ0n) is 18.3. The number of nitrogens with one attached hydrogen (secondary N) is 1. The minimum absolute atomic E-state index is 0.0503. The fraction of sp³-hybridized carbons (Fsp3) is 0.364. The van der Waals surface area contributed by atoms with Crippen LogP contribution < -0.4 is 10.1 Å². The summed E-state index contributed by atoms with van der Waals surface area (Å²) in [7, 11) is -3.74. The van der Waals surface area contributed by atoms with Crippen molar-refractivity contribution in [3.05, 3.63) is 48.5 Å². The lowest BCUT2D eigenvalue weighted by Gasteiger charge is -2.27. The topological polar surface area (TPSA) is 119 Å². The van der Waals surface area contributed by atoms with Gasteiger partial charge in [0, 0.05) is 24.3 Å². The van der Waals surface area contributed by atoms with E-state index in [4.69, 9.17) is 4.74 Å². The predicted octanol–water partition coefficient (Wildman–Crippen LogP) is 2.55.